The van der Waals surface area contributed by atoms with Crippen LogP contribution in [0, 0.1) is 0 Å². The van der Waals surface area contributed by atoms with Crippen LogP contribution in [0.4, 0.5) is 4.79 Å². The third-order valence-electron chi connectivity index (χ3n) is 2.67. The molecule has 2 aliphatic rings. The molecule has 0 aromatic carbocycles. The second-order valence-corrected chi connectivity index (χ2v) is 4.34. The first-order chi connectivity index (χ1) is 7.96. The van der Waals surface area contributed by atoms with Gasteiger partial charge in [-0.2, -0.15) is 0 Å². The maximum atomic E-state index is 11.1. The van der Waals surface area contributed by atoms with Crippen LogP contribution < -0.4 is 0 Å². The quantitative estimate of drug-likeness (QED) is 0.527. The Morgan fingerprint density at radius 1 is 1.47 bits per heavy atom. The molecule has 0 saturated carbocycles. The summed E-state index contributed by atoms with van der Waals surface area (Å²) < 4.78 is 20.6. The van der Waals surface area contributed by atoms with Crippen LogP contribution in [0.2, 0.25) is 0 Å². The van der Waals surface area contributed by atoms with Crippen LogP contribution in [0.25, 0.3) is 0 Å². The number of fused-ring (bicyclic) bond motifs is 1. The molecule has 0 bridgehead atoms. The normalized spacial score (nSPS) is 33.8. The van der Waals surface area contributed by atoms with Crippen molar-refractivity contribution in [1.29, 1.82) is 0 Å². The largest absolute Gasteiger partial charge is 0.508 e. The molecule has 1 aliphatic carbocycles. The second kappa shape index (κ2) is 4.12. The van der Waals surface area contributed by atoms with Crippen molar-refractivity contribution in [3.05, 3.63) is 11.6 Å². The molecule has 1 heterocycles. The Morgan fingerprint density at radius 3 is 2.76 bits per heavy atom. The van der Waals surface area contributed by atoms with Gasteiger partial charge in [0.25, 0.3) is 0 Å². The molecule has 2 rings (SSSR count). The number of aldehydes is 1. The minimum absolute atomic E-state index is 0.425. The zero-order valence-corrected chi connectivity index (χ0v) is 9.84. The predicted molar refractivity (Wildman–Crippen MR) is 55.3 cm³/mol. The van der Waals surface area contributed by atoms with E-state index < -0.39 is 30.3 Å². The Hall–Kier alpha value is -1.40. The summed E-state index contributed by atoms with van der Waals surface area (Å²) in [6.45, 7) is 3.48. The standard InChI is InChI=1S/C11H14O6/c1-11(2)16-8-6(5-12)4-7(9(8)17-11)15-10(13)14-3/h4-5,7-9H,1-3H3/t7-,8-,9+/m1/s1. The van der Waals surface area contributed by atoms with Gasteiger partial charge < -0.3 is 18.9 Å². The summed E-state index contributed by atoms with van der Waals surface area (Å²) in [6, 6.07) is 0. The number of carbonyl (C=O) groups is 2. The first-order valence-corrected chi connectivity index (χ1v) is 5.24. The van der Waals surface area contributed by atoms with Crippen LogP contribution in [0.3, 0.4) is 0 Å². The Labute approximate surface area is 98.5 Å². The first-order valence-electron chi connectivity index (χ1n) is 5.24. The lowest BCUT2D eigenvalue weighted by Crippen LogP contribution is -2.33. The molecule has 0 amide bonds. The average Bonchev–Trinajstić information content (AvgIpc) is 2.73. The Morgan fingerprint density at radius 2 is 2.18 bits per heavy atom. The smallest absolute Gasteiger partial charge is 0.438 e. The van der Waals surface area contributed by atoms with Gasteiger partial charge in [-0.05, 0) is 19.9 Å². The topological polar surface area (TPSA) is 71.1 Å². The summed E-state index contributed by atoms with van der Waals surface area (Å²) in [7, 11) is 1.22. The maximum absolute atomic E-state index is 11.1. The molecule has 0 spiro atoms. The van der Waals surface area contributed by atoms with Crippen molar-refractivity contribution in [3.63, 3.8) is 0 Å². The second-order valence-electron chi connectivity index (χ2n) is 4.34. The Balaban J connectivity index is 2.16. The molecule has 1 fully saturated rings. The van der Waals surface area contributed by atoms with Crippen molar-refractivity contribution in [2.24, 2.45) is 0 Å². The number of ether oxygens (including phenoxy) is 4. The third kappa shape index (κ3) is 2.18. The van der Waals surface area contributed by atoms with Gasteiger partial charge in [-0.25, -0.2) is 4.79 Å². The molecule has 0 aromatic rings. The third-order valence-corrected chi connectivity index (χ3v) is 2.67. The molecule has 0 N–H and O–H groups in total. The van der Waals surface area contributed by atoms with Gasteiger partial charge in [0.15, 0.2) is 11.9 Å². The van der Waals surface area contributed by atoms with Gasteiger partial charge >= 0.3 is 6.16 Å². The van der Waals surface area contributed by atoms with E-state index in [1.807, 2.05) is 0 Å². The fourth-order valence-electron chi connectivity index (χ4n) is 2.03. The number of carbonyl (C=O) groups excluding carboxylic acids is 2. The molecule has 6 heteroatoms. The summed E-state index contributed by atoms with van der Waals surface area (Å²) in [5, 5.41) is 0. The molecular formula is C11H14O6. The van der Waals surface area contributed by atoms with Crippen LogP contribution in [0.1, 0.15) is 13.8 Å². The number of rotatable bonds is 2. The van der Waals surface area contributed by atoms with Crippen molar-refractivity contribution in [2.75, 3.05) is 7.11 Å². The Bertz CT molecular complexity index is 372. The van der Waals surface area contributed by atoms with Crippen LogP contribution in [-0.4, -0.2) is 43.7 Å². The lowest BCUT2D eigenvalue weighted by Gasteiger charge is -2.20. The summed E-state index contributed by atoms with van der Waals surface area (Å²) in [5.74, 6) is -0.796. The molecule has 1 saturated heterocycles. The van der Waals surface area contributed by atoms with E-state index in [4.69, 9.17) is 14.2 Å². The zero-order chi connectivity index (χ0) is 12.6. The summed E-state index contributed by atoms with van der Waals surface area (Å²) in [5.41, 5.74) is 0.425. The molecule has 1 aliphatic heterocycles. The molecule has 0 radical (unpaired) electrons. The predicted octanol–water partition coefficient (Wildman–Crippen LogP) is 0.797. The first kappa shape index (κ1) is 12.1. The Kier molecular flexibility index (Phi) is 2.92. The fourth-order valence-corrected chi connectivity index (χ4v) is 2.03. The minimum atomic E-state index is -0.814. The van der Waals surface area contributed by atoms with Crippen molar-refractivity contribution in [3.8, 4) is 0 Å². The number of hydrogen-bond acceptors (Lipinski definition) is 6. The van der Waals surface area contributed by atoms with E-state index in [1.54, 1.807) is 13.8 Å². The highest BCUT2D eigenvalue weighted by molar-refractivity contribution is 5.77. The van der Waals surface area contributed by atoms with E-state index in [0.717, 1.165) is 0 Å². The number of methoxy groups -OCH3 is 1. The molecule has 6 nitrogen and oxygen atoms in total. The van der Waals surface area contributed by atoms with Crippen LogP contribution in [0.5, 0.6) is 0 Å². The average molecular weight is 242 g/mol. The van der Waals surface area contributed by atoms with E-state index in [2.05, 4.69) is 4.74 Å². The van der Waals surface area contributed by atoms with E-state index in [0.29, 0.717) is 11.9 Å². The van der Waals surface area contributed by atoms with E-state index in [1.165, 1.54) is 13.2 Å². The van der Waals surface area contributed by atoms with Gasteiger partial charge in [0.2, 0.25) is 0 Å². The van der Waals surface area contributed by atoms with Crippen molar-refractivity contribution >= 4 is 12.4 Å². The maximum Gasteiger partial charge on any atom is 0.508 e. The number of hydrogen-bond donors (Lipinski definition) is 0. The monoisotopic (exact) mass is 242 g/mol. The van der Waals surface area contributed by atoms with Gasteiger partial charge in [0, 0.05) is 5.57 Å². The molecule has 3 atom stereocenters. The van der Waals surface area contributed by atoms with Crippen molar-refractivity contribution in [2.45, 2.75) is 37.9 Å². The molecule has 0 aromatic heterocycles. The highest BCUT2D eigenvalue weighted by Gasteiger charge is 2.51. The van der Waals surface area contributed by atoms with E-state index in [-0.39, 0.29) is 0 Å². The van der Waals surface area contributed by atoms with E-state index in [9.17, 15) is 9.59 Å². The molecule has 0 unspecified atom stereocenters. The van der Waals surface area contributed by atoms with Gasteiger partial charge in [-0.3, -0.25) is 4.79 Å². The molecule has 94 valence electrons. The van der Waals surface area contributed by atoms with Crippen LogP contribution in [-0.2, 0) is 23.7 Å². The van der Waals surface area contributed by atoms with Crippen LogP contribution in [0.15, 0.2) is 11.6 Å². The van der Waals surface area contributed by atoms with Gasteiger partial charge in [0.05, 0.1) is 7.11 Å². The van der Waals surface area contributed by atoms with Crippen LogP contribution >= 0.6 is 0 Å². The highest BCUT2D eigenvalue weighted by Crippen LogP contribution is 2.38. The lowest BCUT2D eigenvalue weighted by molar-refractivity contribution is -0.154. The fraction of sp³-hybridized carbons (Fsp3) is 0.636. The van der Waals surface area contributed by atoms with E-state index >= 15 is 0 Å². The molecule has 17 heavy (non-hydrogen) atoms. The molecular weight excluding hydrogens is 228 g/mol. The minimum Gasteiger partial charge on any atom is -0.438 e. The van der Waals surface area contributed by atoms with Crippen molar-refractivity contribution in [1.82, 2.24) is 0 Å². The van der Waals surface area contributed by atoms with Gasteiger partial charge in [-0.1, -0.05) is 0 Å². The zero-order valence-electron chi connectivity index (χ0n) is 9.84. The summed E-state index contributed by atoms with van der Waals surface area (Å²) in [4.78, 5) is 21.9. The summed E-state index contributed by atoms with van der Waals surface area (Å²) in [6.07, 6.45) is -0.251. The SMILES string of the molecule is COC(=O)O[C@@H]1C=C(C=O)[C@H]2OC(C)(C)O[C@H]21. The highest BCUT2D eigenvalue weighted by atomic mass is 16.8. The summed E-state index contributed by atoms with van der Waals surface area (Å²) >= 11 is 0. The van der Waals surface area contributed by atoms with Gasteiger partial charge in [0.1, 0.15) is 18.5 Å². The lowest BCUT2D eigenvalue weighted by atomic mass is 10.2. The van der Waals surface area contributed by atoms with Crippen molar-refractivity contribution < 1.29 is 28.5 Å². The van der Waals surface area contributed by atoms with Gasteiger partial charge in [-0.15, -0.1) is 0 Å².